The predicted octanol–water partition coefficient (Wildman–Crippen LogP) is 2.53. The standard InChI is InChI=1S/C35H44N4O8/c1-3-35(2)34(46)37-27(22-24-16-14-23(15-17-24)18-19-29(40)41)32(44)39-20-9-13-28(39)31(43)36-26(30(42)38-35)12-7-8-21-47-33(45)25-10-5-4-6-11-25/h4-6,10-11,14-17,26-28H,3,7-9,12-13,18-22H2,1-2H3,(H,36,43)(H,37,46)(H,38,42)(H,40,41)/t26-,27-,28+,35-/m0/s1. The maximum Gasteiger partial charge on any atom is 0.338 e. The van der Waals surface area contributed by atoms with E-state index in [1.165, 1.54) is 4.90 Å². The van der Waals surface area contributed by atoms with Crippen LogP contribution in [0.15, 0.2) is 54.6 Å². The summed E-state index contributed by atoms with van der Waals surface area (Å²) in [5, 5.41) is 17.5. The first-order valence-electron chi connectivity index (χ1n) is 16.3. The number of amides is 4. The van der Waals surface area contributed by atoms with Gasteiger partial charge in [-0.2, -0.15) is 0 Å². The fraction of sp³-hybridized carbons (Fsp3) is 0.486. The number of ether oxygens (including phenoxy) is 1. The molecule has 2 aliphatic heterocycles. The Bertz CT molecular complexity index is 1450. The third-order valence-electron chi connectivity index (χ3n) is 8.90. The number of esters is 1. The van der Waals surface area contributed by atoms with Gasteiger partial charge in [-0.15, -0.1) is 0 Å². The third-order valence-corrected chi connectivity index (χ3v) is 8.90. The Kier molecular flexibility index (Phi) is 12.1. The molecule has 252 valence electrons. The molecule has 0 spiro atoms. The molecular weight excluding hydrogens is 604 g/mol. The molecule has 4 amide bonds. The summed E-state index contributed by atoms with van der Waals surface area (Å²) >= 11 is 0. The van der Waals surface area contributed by atoms with E-state index in [9.17, 15) is 28.8 Å². The highest BCUT2D eigenvalue weighted by molar-refractivity contribution is 5.99. The number of nitrogens with zero attached hydrogens (tertiary/aromatic N) is 1. The Balaban J connectivity index is 1.47. The number of carboxylic acid groups (broad SMARTS) is 1. The molecule has 2 aromatic carbocycles. The maximum absolute atomic E-state index is 14.0. The van der Waals surface area contributed by atoms with Gasteiger partial charge in [-0.25, -0.2) is 4.79 Å². The zero-order valence-corrected chi connectivity index (χ0v) is 27.0. The van der Waals surface area contributed by atoms with Crippen molar-refractivity contribution < 1.29 is 38.6 Å². The van der Waals surface area contributed by atoms with Crippen LogP contribution in [0.2, 0.25) is 0 Å². The van der Waals surface area contributed by atoms with Crippen molar-refractivity contribution in [3.63, 3.8) is 0 Å². The van der Waals surface area contributed by atoms with E-state index >= 15 is 0 Å². The highest BCUT2D eigenvalue weighted by Gasteiger charge is 2.43. The number of benzene rings is 2. The van der Waals surface area contributed by atoms with Crippen LogP contribution < -0.4 is 16.0 Å². The van der Waals surface area contributed by atoms with Gasteiger partial charge in [0.2, 0.25) is 23.6 Å². The zero-order chi connectivity index (χ0) is 34.0. The van der Waals surface area contributed by atoms with Crippen LogP contribution in [0.3, 0.4) is 0 Å². The van der Waals surface area contributed by atoms with Gasteiger partial charge in [-0.05, 0) is 75.1 Å². The number of aryl methyl sites for hydroxylation is 1. The van der Waals surface area contributed by atoms with Crippen LogP contribution in [-0.2, 0) is 41.6 Å². The molecule has 4 N–H and O–H groups in total. The second-order valence-electron chi connectivity index (χ2n) is 12.4. The molecule has 0 saturated carbocycles. The Hall–Kier alpha value is -4.74. The van der Waals surface area contributed by atoms with Crippen LogP contribution in [0.4, 0.5) is 0 Å². The Morgan fingerprint density at radius 3 is 2.32 bits per heavy atom. The van der Waals surface area contributed by atoms with Gasteiger partial charge >= 0.3 is 11.9 Å². The molecule has 0 bridgehead atoms. The summed E-state index contributed by atoms with van der Waals surface area (Å²) in [5.74, 6) is -3.17. The number of carbonyl (C=O) groups excluding carboxylic acids is 5. The van der Waals surface area contributed by atoms with Crippen molar-refractivity contribution >= 4 is 35.6 Å². The second kappa shape index (κ2) is 16.2. The van der Waals surface area contributed by atoms with Gasteiger partial charge in [0, 0.05) is 19.4 Å². The molecule has 0 aromatic heterocycles. The minimum atomic E-state index is -1.37. The van der Waals surface area contributed by atoms with Gasteiger partial charge in [0.1, 0.15) is 23.7 Å². The lowest BCUT2D eigenvalue weighted by Crippen LogP contribution is -2.65. The van der Waals surface area contributed by atoms with Crippen molar-refractivity contribution in [3.05, 3.63) is 71.3 Å². The SMILES string of the molecule is CC[C@]1(C)NC(=O)[C@H](CCCCOC(=O)c2ccccc2)NC(=O)[C@H]2CCCN2C(=O)[C@H](Cc2ccc(CCC(=O)O)cc2)NC1=O. The predicted molar refractivity (Wildman–Crippen MR) is 172 cm³/mol. The lowest BCUT2D eigenvalue weighted by Gasteiger charge is -2.36. The first-order chi connectivity index (χ1) is 22.5. The molecular formula is C35H44N4O8. The van der Waals surface area contributed by atoms with Crippen molar-refractivity contribution in [1.82, 2.24) is 20.9 Å². The number of carbonyl (C=O) groups is 6. The topological polar surface area (TPSA) is 171 Å². The van der Waals surface area contributed by atoms with Crippen LogP contribution in [-0.4, -0.2) is 82.4 Å². The van der Waals surface area contributed by atoms with Crippen LogP contribution in [0.25, 0.3) is 0 Å². The minimum Gasteiger partial charge on any atom is -0.481 e. The highest BCUT2D eigenvalue weighted by Crippen LogP contribution is 2.22. The van der Waals surface area contributed by atoms with Gasteiger partial charge in [-0.1, -0.05) is 49.4 Å². The molecule has 12 nitrogen and oxygen atoms in total. The van der Waals surface area contributed by atoms with Crippen LogP contribution in [0.5, 0.6) is 0 Å². The summed E-state index contributed by atoms with van der Waals surface area (Å²) in [6, 6.07) is 13.1. The summed E-state index contributed by atoms with van der Waals surface area (Å²) in [6.45, 7) is 3.82. The molecule has 4 rings (SSSR count). The van der Waals surface area contributed by atoms with Crippen LogP contribution >= 0.6 is 0 Å². The molecule has 4 atom stereocenters. The van der Waals surface area contributed by atoms with Crippen LogP contribution in [0, 0.1) is 0 Å². The summed E-state index contributed by atoms with van der Waals surface area (Å²) in [5.41, 5.74) is 0.672. The lowest BCUT2D eigenvalue weighted by molar-refractivity contribution is -0.144. The fourth-order valence-corrected chi connectivity index (χ4v) is 5.82. The highest BCUT2D eigenvalue weighted by atomic mass is 16.5. The molecule has 0 unspecified atom stereocenters. The zero-order valence-electron chi connectivity index (χ0n) is 27.0. The molecule has 2 aliphatic rings. The number of unbranched alkanes of at least 4 members (excludes halogenated alkanes) is 1. The summed E-state index contributed by atoms with van der Waals surface area (Å²) in [7, 11) is 0. The summed E-state index contributed by atoms with van der Waals surface area (Å²) in [4.78, 5) is 79.5. The number of nitrogens with one attached hydrogen (secondary N) is 3. The molecule has 12 heteroatoms. The van der Waals surface area contributed by atoms with Crippen molar-refractivity contribution in [2.24, 2.45) is 0 Å². The molecule has 0 radical (unpaired) electrons. The smallest absolute Gasteiger partial charge is 0.338 e. The van der Waals surface area contributed by atoms with Gasteiger partial charge in [0.25, 0.3) is 0 Å². The molecule has 2 fully saturated rings. The first-order valence-corrected chi connectivity index (χ1v) is 16.3. The van der Waals surface area contributed by atoms with Gasteiger partial charge in [0.15, 0.2) is 0 Å². The van der Waals surface area contributed by atoms with Crippen molar-refractivity contribution in [2.75, 3.05) is 13.2 Å². The molecule has 47 heavy (non-hydrogen) atoms. The number of hydrogen-bond acceptors (Lipinski definition) is 7. The molecule has 2 heterocycles. The van der Waals surface area contributed by atoms with E-state index in [1.54, 1.807) is 68.4 Å². The summed E-state index contributed by atoms with van der Waals surface area (Å²) < 4.78 is 5.34. The van der Waals surface area contributed by atoms with Crippen molar-refractivity contribution in [2.45, 2.75) is 95.3 Å². The van der Waals surface area contributed by atoms with E-state index in [0.29, 0.717) is 44.2 Å². The monoisotopic (exact) mass is 648 g/mol. The Morgan fingerprint density at radius 1 is 0.936 bits per heavy atom. The largest absolute Gasteiger partial charge is 0.481 e. The van der Waals surface area contributed by atoms with E-state index in [4.69, 9.17) is 9.84 Å². The molecule has 2 saturated heterocycles. The van der Waals surface area contributed by atoms with E-state index in [1.807, 2.05) is 0 Å². The van der Waals surface area contributed by atoms with Crippen molar-refractivity contribution in [1.29, 1.82) is 0 Å². The van der Waals surface area contributed by atoms with Crippen LogP contribution in [0.1, 0.15) is 80.3 Å². The Labute approximate surface area is 274 Å². The number of aliphatic carboxylic acids is 1. The van der Waals surface area contributed by atoms with E-state index in [2.05, 4.69) is 16.0 Å². The van der Waals surface area contributed by atoms with Crippen molar-refractivity contribution in [3.8, 4) is 0 Å². The lowest BCUT2D eigenvalue weighted by atomic mass is 9.94. The van der Waals surface area contributed by atoms with E-state index < -0.39 is 53.3 Å². The van der Waals surface area contributed by atoms with Gasteiger partial charge in [0.05, 0.1) is 12.2 Å². The van der Waals surface area contributed by atoms with E-state index in [0.717, 1.165) is 11.1 Å². The second-order valence-corrected chi connectivity index (χ2v) is 12.4. The first kappa shape index (κ1) is 35.1. The molecule has 0 aliphatic carbocycles. The fourth-order valence-electron chi connectivity index (χ4n) is 5.82. The van der Waals surface area contributed by atoms with Gasteiger partial charge in [-0.3, -0.25) is 24.0 Å². The minimum absolute atomic E-state index is 0.00128. The summed E-state index contributed by atoms with van der Waals surface area (Å²) in [6.07, 6.45) is 2.93. The average Bonchev–Trinajstić information content (AvgIpc) is 3.56. The van der Waals surface area contributed by atoms with E-state index in [-0.39, 0.29) is 38.2 Å². The average molecular weight is 649 g/mol. The number of carboxylic acids is 1. The Morgan fingerprint density at radius 2 is 1.64 bits per heavy atom. The number of hydrogen-bond donors (Lipinski definition) is 4. The van der Waals surface area contributed by atoms with Gasteiger partial charge < -0.3 is 30.7 Å². The number of rotatable bonds is 12. The molecule has 2 aromatic rings. The maximum atomic E-state index is 14.0. The normalized spacial score (nSPS) is 23.4. The third kappa shape index (κ3) is 9.40. The quantitative estimate of drug-likeness (QED) is 0.201. The number of fused-ring (bicyclic) bond motifs is 1.